The molecule has 7 nitrogen and oxygen atoms in total. The molecule has 0 spiro atoms. The lowest BCUT2D eigenvalue weighted by atomic mass is 10.2. The molecule has 0 fully saturated rings. The first kappa shape index (κ1) is 18.1. The lowest BCUT2D eigenvalue weighted by molar-refractivity contribution is -0.139. The molecule has 0 aliphatic rings. The maximum absolute atomic E-state index is 12.7. The fourth-order valence-corrected chi connectivity index (χ4v) is 3.54. The molecule has 0 unspecified atom stereocenters. The molecule has 0 N–H and O–H groups in total. The van der Waals surface area contributed by atoms with Gasteiger partial charge in [-0.25, -0.2) is 4.98 Å². The minimum atomic E-state index is -0.413. The lowest BCUT2D eigenvalue weighted by Gasteiger charge is -2.10. The molecule has 0 atom stereocenters. The van der Waals surface area contributed by atoms with Gasteiger partial charge in [-0.15, -0.1) is 0 Å². The quantitative estimate of drug-likeness (QED) is 0.223. The highest BCUT2D eigenvalue weighted by atomic mass is 32.2. The van der Waals surface area contributed by atoms with Gasteiger partial charge in [-0.3, -0.25) is 9.59 Å². The standard InChI is InChI=1S/C20H16N4O3S/c1-2-27-16(25)12-28-20-21-15-11-7-6-10-14(15)18-22-19(26)17(23-24(18)20)13-8-4-3-5-9-13/h3-11H,2,12H2,1H3. The number of esters is 1. The number of ether oxygens (including phenoxy) is 1. The largest absolute Gasteiger partial charge is 0.465 e. The van der Waals surface area contributed by atoms with Crippen molar-refractivity contribution in [2.24, 2.45) is 0 Å². The van der Waals surface area contributed by atoms with Crippen LogP contribution in [0.25, 0.3) is 27.8 Å². The number of rotatable bonds is 5. The predicted octanol–water partition coefficient (Wildman–Crippen LogP) is 2.96. The van der Waals surface area contributed by atoms with Gasteiger partial charge in [0, 0.05) is 10.9 Å². The molecular weight excluding hydrogens is 376 g/mol. The predicted molar refractivity (Wildman–Crippen MR) is 107 cm³/mol. The van der Waals surface area contributed by atoms with Gasteiger partial charge in [0.1, 0.15) is 0 Å². The molecule has 4 aromatic rings. The number of hydrogen-bond acceptors (Lipinski definition) is 7. The fraction of sp³-hybridized carbons (Fsp3) is 0.150. The Morgan fingerprint density at radius 1 is 1.07 bits per heavy atom. The normalized spacial score (nSPS) is 11.0. The first-order chi connectivity index (χ1) is 13.7. The minimum Gasteiger partial charge on any atom is -0.465 e. The zero-order chi connectivity index (χ0) is 19.5. The average molecular weight is 392 g/mol. The number of fused-ring (bicyclic) bond motifs is 3. The summed E-state index contributed by atoms with van der Waals surface area (Å²) in [7, 11) is 0. The van der Waals surface area contributed by atoms with Gasteiger partial charge in [0.25, 0.3) is 5.56 Å². The monoisotopic (exact) mass is 392 g/mol. The van der Waals surface area contributed by atoms with Crippen LogP contribution < -0.4 is 5.56 Å². The van der Waals surface area contributed by atoms with E-state index in [1.54, 1.807) is 19.1 Å². The molecule has 2 heterocycles. The first-order valence-corrected chi connectivity index (χ1v) is 9.69. The maximum Gasteiger partial charge on any atom is 0.316 e. The summed E-state index contributed by atoms with van der Waals surface area (Å²) in [6, 6.07) is 16.5. The third-order valence-electron chi connectivity index (χ3n) is 4.02. The molecule has 2 aromatic heterocycles. The van der Waals surface area contributed by atoms with Gasteiger partial charge in [-0.2, -0.15) is 14.6 Å². The molecule has 0 bridgehead atoms. The van der Waals surface area contributed by atoms with Crippen LogP contribution in [0, 0.1) is 0 Å². The zero-order valence-corrected chi connectivity index (χ0v) is 15.8. The second-order valence-electron chi connectivity index (χ2n) is 5.87. The Hall–Kier alpha value is -3.26. The average Bonchev–Trinajstić information content (AvgIpc) is 2.72. The summed E-state index contributed by atoms with van der Waals surface area (Å²) in [6.45, 7) is 2.07. The van der Waals surface area contributed by atoms with Crippen molar-refractivity contribution in [2.45, 2.75) is 12.1 Å². The fourth-order valence-electron chi connectivity index (χ4n) is 2.80. The number of benzene rings is 2. The number of carbonyl (C=O) groups excluding carboxylic acids is 1. The van der Waals surface area contributed by atoms with Gasteiger partial charge in [0.15, 0.2) is 16.5 Å². The van der Waals surface area contributed by atoms with Crippen molar-refractivity contribution in [2.75, 3.05) is 12.4 Å². The summed E-state index contributed by atoms with van der Waals surface area (Å²) in [6.07, 6.45) is 0. The van der Waals surface area contributed by atoms with Crippen LogP contribution in [-0.4, -0.2) is 37.9 Å². The van der Waals surface area contributed by atoms with Crippen LogP contribution in [0.1, 0.15) is 6.92 Å². The molecule has 2 aromatic carbocycles. The zero-order valence-electron chi connectivity index (χ0n) is 15.0. The molecule has 4 rings (SSSR count). The van der Waals surface area contributed by atoms with Crippen LogP contribution in [0.5, 0.6) is 0 Å². The lowest BCUT2D eigenvalue weighted by Crippen LogP contribution is -2.18. The molecule has 0 amide bonds. The highest BCUT2D eigenvalue weighted by Gasteiger charge is 2.16. The molecule has 140 valence electrons. The van der Waals surface area contributed by atoms with Gasteiger partial charge in [-0.05, 0) is 19.1 Å². The van der Waals surface area contributed by atoms with Crippen molar-refractivity contribution in [3.8, 4) is 11.3 Å². The highest BCUT2D eigenvalue weighted by Crippen LogP contribution is 2.24. The Kier molecular flexibility index (Phi) is 5.03. The minimum absolute atomic E-state index is 0.0861. The van der Waals surface area contributed by atoms with Crippen molar-refractivity contribution < 1.29 is 9.53 Å². The van der Waals surface area contributed by atoms with E-state index in [-0.39, 0.29) is 17.4 Å². The second kappa shape index (κ2) is 7.77. The first-order valence-electron chi connectivity index (χ1n) is 8.71. The van der Waals surface area contributed by atoms with Gasteiger partial charge in [0.2, 0.25) is 0 Å². The van der Waals surface area contributed by atoms with Gasteiger partial charge in [-0.1, -0.05) is 54.2 Å². The van der Waals surface area contributed by atoms with Crippen molar-refractivity contribution in [1.29, 1.82) is 0 Å². The molecule has 0 saturated carbocycles. The molecule has 28 heavy (non-hydrogen) atoms. The number of thioether (sulfide) groups is 1. The van der Waals surface area contributed by atoms with Gasteiger partial charge >= 0.3 is 5.97 Å². The van der Waals surface area contributed by atoms with Crippen LogP contribution in [0.2, 0.25) is 0 Å². The molecule has 0 saturated heterocycles. The van der Waals surface area contributed by atoms with Crippen LogP contribution in [0.3, 0.4) is 0 Å². The third-order valence-corrected chi connectivity index (χ3v) is 4.93. The van der Waals surface area contributed by atoms with Crippen LogP contribution >= 0.6 is 11.8 Å². The third kappa shape index (κ3) is 3.46. The summed E-state index contributed by atoms with van der Waals surface area (Å²) in [5, 5.41) is 5.70. The molecule has 0 radical (unpaired) electrons. The number of nitrogens with zero attached hydrogens (tertiary/aromatic N) is 4. The maximum atomic E-state index is 12.7. The van der Waals surface area contributed by atoms with Crippen LogP contribution in [-0.2, 0) is 9.53 Å². The number of aromatic nitrogens is 4. The summed E-state index contributed by atoms with van der Waals surface area (Å²) in [5.74, 6) is -0.254. The molecule has 0 aliphatic carbocycles. The van der Waals surface area contributed by atoms with E-state index < -0.39 is 5.56 Å². The van der Waals surface area contributed by atoms with Crippen LogP contribution in [0.15, 0.2) is 64.5 Å². The van der Waals surface area contributed by atoms with Gasteiger partial charge in [0.05, 0.1) is 17.9 Å². The topological polar surface area (TPSA) is 86.5 Å². The van der Waals surface area contributed by atoms with E-state index >= 15 is 0 Å². The summed E-state index contributed by atoms with van der Waals surface area (Å²) in [5.41, 5.74) is 1.57. The van der Waals surface area contributed by atoms with Crippen LogP contribution in [0.4, 0.5) is 0 Å². The Labute approximate surface area is 164 Å². The smallest absolute Gasteiger partial charge is 0.316 e. The Morgan fingerprint density at radius 2 is 1.82 bits per heavy atom. The Balaban J connectivity index is 1.92. The number of hydrogen-bond donors (Lipinski definition) is 0. The van der Waals surface area contributed by atoms with Crippen molar-refractivity contribution >= 4 is 34.3 Å². The van der Waals surface area contributed by atoms with Crippen molar-refractivity contribution in [1.82, 2.24) is 19.6 Å². The summed E-state index contributed by atoms with van der Waals surface area (Å²) >= 11 is 1.20. The SMILES string of the molecule is CCOC(=O)CSc1nc2ccccc2c2nc(=O)c(-c3ccccc3)nn12. The molecular formula is C20H16N4O3S. The van der Waals surface area contributed by atoms with E-state index in [0.717, 1.165) is 0 Å². The van der Waals surface area contributed by atoms with E-state index in [4.69, 9.17) is 4.74 Å². The second-order valence-corrected chi connectivity index (χ2v) is 6.81. The van der Waals surface area contributed by atoms with E-state index in [9.17, 15) is 9.59 Å². The van der Waals surface area contributed by atoms with E-state index in [2.05, 4.69) is 15.1 Å². The summed E-state index contributed by atoms with van der Waals surface area (Å²) < 4.78 is 6.52. The van der Waals surface area contributed by atoms with Crippen molar-refractivity contribution in [3.05, 3.63) is 65.0 Å². The van der Waals surface area contributed by atoms with E-state index in [1.165, 1.54) is 16.3 Å². The molecule has 0 aliphatic heterocycles. The van der Waals surface area contributed by atoms with E-state index in [0.29, 0.717) is 33.9 Å². The summed E-state index contributed by atoms with van der Waals surface area (Å²) in [4.78, 5) is 33.3. The van der Waals surface area contributed by atoms with Crippen molar-refractivity contribution in [3.63, 3.8) is 0 Å². The molecule has 8 heteroatoms. The highest BCUT2D eigenvalue weighted by molar-refractivity contribution is 7.99. The number of para-hydroxylation sites is 1. The van der Waals surface area contributed by atoms with E-state index in [1.807, 2.05) is 42.5 Å². The Morgan fingerprint density at radius 3 is 2.61 bits per heavy atom. The number of carbonyl (C=O) groups is 1. The Bertz CT molecular complexity index is 1220. The van der Waals surface area contributed by atoms with Gasteiger partial charge < -0.3 is 4.74 Å².